The molecule has 1 aliphatic carbocycles. The molecule has 3 aliphatic heterocycles. The van der Waals surface area contributed by atoms with Gasteiger partial charge in [-0.3, -0.25) is 24.9 Å². The zero-order valence-electron chi connectivity index (χ0n) is 20.9. The van der Waals surface area contributed by atoms with Crippen molar-refractivity contribution in [3.8, 4) is 0 Å². The number of nitrogens with two attached hydrogens (primary N) is 1. The van der Waals surface area contributed by atoms with E-state index >= 15 is 0 Å². The number of piperidine rings is 1. The van der Waals surface area contributed by atoms with Crippen molar-refractivity contribution >= 4 is 17.6 Å². The Morgan fingerprint density at radius 3 is 2.70 bits per heavy atom. The molecule has 5 N–H and O–H groups in total. The van der Waals surface area contributed by atoms with Crippen molar-refractivity contribution < 1.29 is 9.59 Å². The van der Waals surface area contributed by atoms with E-state index < -0.39 is 0 Å². The lowest BCUT2D eigenvalue weighted by Gasteiger charge is -2.44. The molecule has 194 valence electrons. The maximum atomic E-state index is 12.8. The molecule has 10 heteroatoms. The average molecular weight is 503 g/mol. The van der Waals surface area contributed by atoms with Crippen LogP contribution in [0.4, 0.5) is 5.82 Å². The van der Waals surface area contributed by atoms with Gasteiger partial charge in [0.05, 0.1) is 12.6 Å². The number of nitrogen functional groups attached to an aromatic ring is 1. The summed E-state index contributed by atoms with van der Waals surface area (Å²) >= 11 is 0. The van der Waals surface area contributed by atoms with Gasteiger partial charge in [0.15, 0.2) is 0 Å². The fourth-order valence-electron chi connectivity index (χ4n) is 5.90. The van der Waals surface area contributed by atoms with Gasteiger partial charge in [-0.1, -0.05) is 30.3 Å². The molecule has 1 aromatic heterocycles. The van der Waals surface area contributed by atoms with Crippen molar-refractivity contribution in [3.05, 3.63) is 70.7 Å². The smallest absolute Gasteiger partial charge is 0.270 e. The maximum Gasteiger partial charge on any atom is 0.270 e. The van der Waals surface area contributed by atoms with Crippen LogP contribution in [0.3, 0.4) is 0 Å². The summed E-state index contributed by atoms with van der Waals surface area (Å²) in [5.41, 5.74) is 16.7. The number of hydrazine groups is 2. The number of hydrogen-bond acceptors (Lipinski definition) is 8. The van der Waals surface area contributed by atoms with Crippen LogP contribution in [0.15, 0.2) is 48.3 Å². The monoisotopic (exact) mass is 502 g/mol. The molecule has 2 unspecified atom stereocenters. The average Bonchev–Trinajstić information content (AvgIpc) is 3.52. The van der Waals surface area contributed by atoms with Crippen molar-refractivity contribution in [1.82, 2.24) is 36.1 Å². The first kappa shape index (κ1) is 23.7. The topological polar surface area (TPSA) is 119 Å². The molecule has 0 saturated carbocycles. The Balaban J connectivity index is 1.00. The Labute approximate surface area is 216 Å². The van der Waals surface area contributed by atoms with Crippen LogP contribution < -0.4 is 22.0 Å². The van der Waals surface area contributed by atoms with Gasteiger partial charge in [-0.15, -0.1) is 5.53 Å². The molecule has 0 spiro atoms. The lowest BCUT2D eigenvalue weighted by Crippen LogP contribution is -2.56. The van der Waals surface area contributed by atoms with Crippen LogP contribution >= 0.6 is 0 Å². The zero-order valence-corrected chi connectivity index (χ0v) is 20.9. The van der Waals surface area contributed by atoms with Gasteiger partial charge in [0.1, 0.15) is 11.5 Å². The molecule has 2 saturated heterocycles. The summed E-state index contributed by atoms with van der Waals surface area (Å²) in [5.74, 6) is 0.685. The molecule has 1 aromatic carbocycles. The minimum atomic E-state index is -0.153. The lowest BCUT2D eigenvalue weighted by molar-refractivity contribution is -0.139. The highest BCUT2D eigenvalue weighted by molar-refractivity contribution is 5.93. The first-order valence-electron chi connectivity index (χ1n) is 13.2. The Hall–Kier alpha value is -3.63. The van der Waals surface area contributed by atoms with Crippen LogP contribution in [0.2, 0.25) is 0 Å². The van der Waals surface area contributed by atoms with Crippen molar-refractivity contribution in [2.45, 2.75) is 57.3 Å². The number of pyridine rings is 1. The minimum absolute atomic E-state index is 0.0542. The van der Waals surface area contributed by atoms with Gasteiger partial charge in [-0.05, 0) is 48.4 Å². The predicted molar refractivity (Wildman–Crippen MR) is 139 cm³/mol. The number of nitrogens with zero attached hydrogens (tertiary/aromatic N) is 4. The van der Waals surface area contributed by atoms with E-state index in [0.717, 1.165) is 68.7 Å². The molecule has 10 nitrogen and oxygen atoms in total. The fraction of sp³-hybridized carbons (Fsp3) is 0.444. The van der Waals surface area contributed by atoms with Crippen molar-refractivity contribution in [2.24, 2.45) is 0 Å². The second kappa shape index (κ2) is 10.0. The summed E-state index contributed by atoms with van der Waals surface area (Å²) in [6.45, 7) is 4.26. The highest BCUT2D eigenvalue weighted by atomic mass is 16.2. The molecule has 6 rings (SSSR count). The van der Waals surface area contributed by atoms with Crippen LogP contribution in [0, 0.1) is 0 Å². The number of aromatic nitrogens is 1. The summed E-state index contributed by atoms with van der Waals surface area (Å²) in [6, 6.07) is 12.7. The number of benzene rings is 1. The van der Waals surface area contributed by atoms with Gasteiger partial charge >= 0.3 is 0 Å². The quantitative estimate of drug-likeness (QED) is 0.467. The summed E-state index contributed by atoms with van der Waals surface area (Å²) in [7, 11) is 0. The van der Waals surface area contributed by atoms with Gasteiger partial charge in [0.2, 0.25) is 5.91 Å². The number of hydrogen-bond donors (Lipinski definition) is 4. The third-order valence-corrected chi connectivity index (χ3v) is 7.84. The first-order valence-corrected chi connectivity index (χ1v) is 13.2. The molecule has 2 atom stereocenters. The molecule has 4 heterocycles. The number of piperazine rings is 1. The second-order valence-electron chi connectivity index (χ2n) is 10.4. The zero-order chi connectivity index (χ0) is 25.4. The van der Waals surface area contributed by atoms with Gasteiger partial charge in [0.25, 0.3) is 5.91 Å². The Morgan fingerprint density at radius 2 is 1.86 bits per heavy atom. The largest absolute Gasteiger partial charge is 0.384 e. The van der Waals surface area contributed by atoms with Crippen LogP contribution in [0.1, 0.15) is 54.1 Å². The number of amides is 2. The van der Waals surface area contributed by atoms with Crippen molar-refractivity contribution in [2.75, 3.05) is 25.4 Å². The number of carbonyl (C=O) groups excluding carboxylic acids is 2. The number of fused-ring (bicyclic) bond motifs is 2. The van der Waals surface area contributed by atoms with Crippen molar-refractivity contribution in [1.29, 1.82) is 0 Å². The molecular formula is C27H34N8O2. The van der Waals surface area contributed by atoms with Crippen LogP contribution in [0.5, 0.6) is 0 Å². The summed E-state index contributed by atoms with van der Waals surface area (Å²) in [6.07, 6.45) is 6.28. The molecule has 2 amide bonds. The Morgan fingerprint density at radius 1 is 1.05 bits per heavy atom. The van der Waals surface area contributed by atoms with E-state index in [1.807, 2.05) is 11.1 Å². The van der Waals surface area contributed by atoms with Crippen LogP contribution in [-0.2, 0) is 29.1 Å². The molecular weight excluding hydrogens is 468 g/mol. The van der Waals surface area contributed by atoms with Gasteiger partial charge in [-0.2, -0.15) is 0 Å². The fourth-order valence-corrected chi connectivity index (χ4v) is 5.90. The molecule has 4 aliphatic rings. The van der Waals surface area contributed by atoms with Crippen LogP contribution in [0.25, 0.3) is 0 Å². The number of anilines is 1. The lowest BCUT2D eigenvalue weighted by atomic mass is 9.98. The maximum absolute atomic E-state index is 12.8. The summed E-state index contributed by atoms with van der Waals surface area (Å²) in [5, 5.41) is 4.97. The van der Waals surface area contributed by atoms with Crippen LogP contribution in [-0.4, -0.2) is 57.3 Å². The third kappa shape index (κ3) is 5.12. The van der Waals surface area contributed by atoms with Gasteiger partial charge < -0.3 is 16.0 Å². The van der Waals surface area contributed by atoms with Crippen molar-refractivity contribution in [3.63, 3.8) is 0 Å². The molecule has 2 aromatic rings. The first-order chi connectivity index (χ1) is 18.0. The molecule has 37 heavy (non-hydrogen) atoms. The second-order valence-corrected chi connectivity index (χ2v) is 10.4. The predicted octanol–water partition coefficient (Wildman–Crippen LogP) is 1.33. The summed E-state index contributed by atoms with van der Waals surface area (Å²) in [4.78, 5) is 33.9. The molecule has 0 radical (unpaired) electrons. The highest BCUT2D eigenvalue weighted by Gasteiger charge is 2.33. The van der Waals surface area contributed by atoms with E-state index in [9.17, 15) is 9.59 Å². The van der Waals surface area contributed by atoms with Gasteiger partial charge in [-0.25, -0.2) is 4.98 Å². The van der Waals surface area contributed by atoms with E-state index in [2.05, 4.69) is 55.3 Å². The van der Waals surface area contributed by atoms with E-state index in [4.69, 9.17) is 5.73 Å². The summed E-state index contributed by atoms with van der Waals surface area (Å²) < 4.78 is 0. The van der Waals surface area contributed by atoms with Gasteiger partial charge in [0, 0.05) is 50.5 Å². The highest BCUT2D eigenvalue weighted by Crippen LogP contribution is 2.30. The number of rotatable bonds is 6. The third-order valence-electron chi connectivity index (χ3n) is 7.84. The number of aryl methyl sites for hydroxylation is 1. The van der Waals surface area contributed by atoms with E-state index in [-0.39, 0.29) is 11.9 Å². The van der Waals surface area contributed by atoms with E-state index in [1.54, 1.807) is 12.3 Å². The standard InChI is InChI=1S/C27H34N8O2/c28-25-11-8-21-22(29-25)9-10-23(21)30-27(37)24-17-34(32-31-24)15-19-6-4-18(5-7-19)14-33-12-13-35-20(16-33)2-1-3-26(35)36/h4-8,11,17,20,23,31-32H,1-3,9-10,12-16H2,(H2,28,29)(H,30,37). The SMILES string of the molecule is Nc1ccc2c(n1)CCC2NC(=O)C1=CN(Cc2ccc(CN3CCN4C(=O)CCCC4C3)cc2)NN1. The number of carbonyl (C=O) groups is 2. The molecule has 2 fully saturated rings. The number of nitrogens with one attached hydrogen (secondary N) is 3. The van der Waals surface area contributed by atoms with E-state index in [1.165, 1.54) is 5.56 Å². The minimum Gasteiger partial charge on any atom is -0.384 e. The Bertz CT molecular complexity index is 1210. The van der Waals surface area contributed by atoms with E-state index in [0.29, 0.717) is 36.4 Å². The molecule has 0 bridgehead atoms. The normalized spacial score (nSPS) is 23.4. The Kier molecular flexibility index (Phi) is 6.43.